The fraction of sp³-hybridized carbons (Fsp3) is 0.250. The fourth-order valence-electron chi connectivity index (χ4n) is 1.97. The zero-order valence-electron chi connectivity index (χ0n) is 11.8. The standard InChI is InChI=1S/C16H16F3NO/c1-10(11-3-5-13(21-2)6-4-11)20-9-12-7-15(18)16(19)8-14(12)17/h3-8,10,20H,9H2,1-2H3/t10-/m1/s1. The van der Waals surface area contributed by atoms with Gasteiger partial charge >= 0.3 is 0 Å². The summed E-state index contributed by atoms with van der Waals surface area (Å²) in [7, 11) is 1.59. The zero-order valence-corrected chi connectivity index (χ0v) is 11.8. The number of rotatable bonds is 5. The van der Waals surface area contributed by atoms with Crippen LogP contribution in [-0.4, -0.2) is 7.11 Å². The zero-order chi connectivity index (χ0) is 15.4. The Morgan fingerprint density at radius 3 is 2.24 bits per heavy atom. The van der Waals surface area contributed by atoms with Gasteiger partial charge in [0.2, 0.25) is 0 Å². The topological polar surface area (TPSA) is 21.3 Å². The molecule has 0 aromatic heterocycles. The number of nitrogens with one attached hydrogen (secondary N) is 1. The Morgan fingerprint density at radius 2 is 1.62 bits per heavy atom. The molecule has 0 aliphatic carbocycles. The van der Waals surface area contributed by atoms with Gasteiger partial charge in [0.1, 0.15) is 11.6 Å². The normalized spacial score (nSPS) is 12.2. The Morgan fingerprint density at radius 1 is 1.00 bits per heavy atom. The summed E-state index contributed by atoms with van der Waals surface area (Å²) in [5.74, 6) is -2.24. The first kappa shape index (κ1) is 15.4. The van der Waals surface area contributed by atoms with Crippen LogP contribution in [0.15, 0.2) is 36.4 Å². The first-order chi connectivity index (χ1) is 10.0. The molecule has 0 amide bonds. The van der Waals surface area contributed by atoms with Crippen molar-refractivity contribution in [3.63, 3.8) is 0 Å². The number of benzene rings is 2. The minimum absolute atomic E-state index is 0.0663. The summed E-state index contributed by atoms with van der Waals surface area (Å²) in [4.78, 5) is 0. The molecule has 0 spiro atoms. The van der Waals surface area contributed by atoms with Crippen molar-refractivity contribution in [2.75, 3.05) is 7.11 Å². The molecule has 1 atom stereocenters. The lowest BCUT2D eigenvalue weighted by atomic mass is 10.1. The van der Waals surface area contributed by atoms with Crippen LogP contribution in [-0.2, 0) is 6.54 Å². The van der Waals surface area contributed by atoms with Crippen molar-refractivity contribution < 1.29 is 17.9 Å². The third-order valence-electron chi connectivity index (χ3n) is 3.30. The van der Waals surface area contributed by atoms with E-state index >= 15 is 0 Å². The lowest BCUT2D eigenvalue weighted by molar-refractivity contribution is 0.414. The molecule has 0 unspecified atom stereocenters. The molecule has 21 heavy (non-hydrogen) atoms. The summed E-state index contributed by atoms with van der Waals surface area (Å²) in [5, 5.41) is 3.07. The second-order valence-electron chi connectivity index (χ2n) is 4.73. The Bertz CT molecular complexity index is 614. The molecular formula is C16H16F3NO. The van der Waals surface area contributed by atoms with E-state index in [1.165, 1.54) is 0 Å². The minimum Gasteiger partial charge on any atom is -0.497 e. The van der Waals surface area contributed by atoms with E-state index < -0.39 is 17.5 Å². The van der Waals surface area contributed by atoms with Gasteiger partial charge in [0, 0.05) is 24.2 Å². The quantitative estimate of drug-likeness (QED) is 0.843. The first-order valence-electron chi connectivity index (χ1n) is 6.52. The smallest absolute Gasteiger partial charge is 0.161 e. The average molecular weight is 295 g/mol. The fourth-order valence-corrected chi connectivity index (χ4v) is 1.97. The van der Waals surface area contributed by atoms with E-state index in [0.717, 1.165) is 17.4 Å². The van der Waals surface area contributed by atoms with Gasteiger partial charge in [0.15, 0.2) is 11.6 Å². The molecule has 0 saturated carbocycles. The van der Waals surface area contributed by atoms with Gasteiger partial charge in [-0.2, -0.15) is 0 Å². The van der Waals surface area contributed by atoms with Crippen LogP contribution < -0.4 is 10.1 Å². The first-order valence-corrected chi connectivity index (χ1v) is 6.52. The predicted octanol–water partition coefficient (Wildman–Crippen LogP) is 3.96. The molecule has 0 bridgehead atoms. The van der Waals surface area contributed by atoms with Gasteiger partial charge in [-0.05, 0) is 30.7 Å². The second-order valence-corrected chi connectivity index (χ2v) is 4.73. The summed E-state index contributed by atoms with van der Waals surface area (Å²) in [6.07, 6.45) is 0. The number of ether oxygens (including phenoxy) is 1. The van der Waals surface area contributed by atoms with Crippen LogP contribution >= 0.6 is 0 Å². The maximum absolute atomic E-state index is 13.5. The van der Waals surface area contributed by atoms with Crippen LogP contribution in [0.3, 0.4) is 0 Å². The molecule has 2 nitrogen and oxygen atoms in total. The lowest BCUT2D eigenvalue weighted by Gasteiger charge is -2.15. The van der Waals surface area contributed by atoms with E-state index in [1.54, 1.807) is 7.11 Å². The molecule has 2 aromatic rings. The van der Waals surface area contributed by atoms with E-state index in [9.17, 15) is 13.2 Å². The van der Waals surface area contributed by atoms with Gasteiger partial charge in [0.25, 0.3) is 0 Å². The van der Waals surface area contributed by atoms with E-state index in [1.807, 2.05) is 31.2 Å². The highest BCUT2D eigenvalue weighted by Gasteiger charge is 2.11. The Labute approximate surface area is 121 Å². The molecule has 0 saturated heterocycles. The number of methoxy groups -OCH3 is 1. The van der Waals surface area contributed by atoms with Crippen LogP contribution in [0.25, 0.3) is 0 Å². The van der Waals surface area contributed by atoms with Gasteiger partial charge < -0.3 is 10.1 Å². The molecule has 2 aromatic carbocycles. The van der Waals surface area contributed by atoms with E-state index in [4.69, 9.17) is 4.74 Å². The molecule has 112 valence electrons. The van der Waals surface area contributed by atoms with Crippen LogP contribution in [0.5, 0.6) is 5.75 Å². The molecule has 0 aliphatic rings. The van der Waals surface area contributed by atoms with E-state index in [2.05, 4.69) is 5.32 Å². The summed E-state index contributed by atoms with van der Waals surface area (Å²) < 4.78 is 44.5. The minimum atomic E-state index is -1.18. The van der Waals surface area contributed by atoms with Gasteiger partial charge in [-0.25, -0.2) is 13.2 Å². The Kier molecular flexibility index (Phi) is 4.85. The third kappa shape index (κ3) is 3.76. The van der Waals surface area contributed by atoms with Gasteiger partial charge in [-0.15, -0.1) is 0 Å². The van der Waals surface area contributed by atoms with Crippen molar-refractivity contribution in [3.8, 4) is 5.75 Å². The Hall–Kier alpha value is -2.01. The lowest BCUT2D eigenvalue weighted by Crippen LogP contribution is -2.19. The van der Waals surface area contributed by atoms with Crippen molar-refractivity contribution in [3.05, 3.63) is 65.0 Å². The molecule has 2 rings (SSSR count). The van der Waals surface area contributed by atoms with Crippen LogP contribution in [0.4, 0.5) is 13.2 Å². The van der Waals surface area contributed by atoms with Crippen molar-refractivity contribution in [1.82, 2.24) is 5.32 Å². The molecule has 0 aliphatic heterocycles. The summed E-state index contributed by atoms with van der Waals surface area (Å²) in [6, 6.07) is 8.79. The Balaban J connectivity index is 2.03. The maximum Gasteiger partial charge on any atom is 0.161 e. The van der Waals surface area contributed by atoms with E-state index in [0.29, 0.717) is 6.07 Å². The second kappa shape index (κ2) is 6.63. The molecule has 0 heterocycles. The molecule has 1 N–H and O–H groups in total. The van der Waals surface area contributed by atoms with Crippen molar-refractivity contribution in [1.29, 1.82) is 0 Å². The van der Waals surface area contributed by atoms with Gasteiger partial charge in [-0.3, -0.25) is 0 Å². The van der Waals surface area contributed by atoms with Gasteiger partial charge in [0.05, 0.1) is 7.11 Å². The summed E-state index contributed by atoms with van der Waals surface area (Å²) >= 11 is 0. The monoisotopic (exact) mass is 295 g/mol. The van der Waals surface area contributed by atoms with Gasteiger partial charge in [-0.1, -0.05) is 12.1 Å². The highest BCUT2D eigenvalue weighted by molar-refractivity contribution is 5.29. The maximum atomic E-state index is 13.5. The molecule has 0 radical (unpaired) electrons. The third-order valence-corrected chi connectivity index (χ3v) is 3.30. The van der Waals surface area contributed by atoms with E-state index in [-0.39, 0.29) is 18.2 Å². The highest BCUT2D eigenvalue weighted by Crippen LogP contribution is 2.19. The van der Waals surface area contributed by atoms with Crippen molar-refractivity contribution >= 4 is 0 Å². The van der Waals surface area contributed by atoms with Crippen molar-refractivity contribution in [2.45, 2.75) is 19.5 Å². The number of hydrogen-bond acceptors (Lipinski definition) is 2. The molecular weight excluding hydrogens is 279 g/mol. The van der Waals surface area contributed by atoms with Crippen LogP contribution in [0.1, 0.15) is 24.1 Å². The molecule has 5 heteroatoms. The summed E-state index contributed by atoms with van der Waals surface area (Å²) in [6.45, 7) is 2.01. The molecule has 0 fully saturated rings. The van der Waals surface area contributed by atoms with Crippen molar-refractivity contribution in [2.24, 2.45) is 0 Å². The largest absolute Gasteiger partial charge is 0.497 e. The predicted molar refractivity (Wildman–Crippen MR) is 74.6 cm³/mol. The van der Waals surface area contributed by atoms with Crippen LogP contribution in [0, 0.1) is 17.5 Å². The highest BCUT2D eigenvalue weighted by atomic mass is 19.2. The number of hydrogen-bond donors (Lipinski definition) is 1. The number of halogens is 3. The average Bonchev–Trinajstić information content (AvgIpc) is 2.49. The summed E-state index contributed by atoms with van der Waals surface area (Å²) in [5.41, 5.74) is 1.08. The SMILES string of the molecule is COc1ccc([C@@H](C)NCc2cc(F)c(F)cc2F)cc1. The van der Waals surface area contributed by atoms with Crippen LogP contribution in [0.2, 0.25) is 0 Å².